The molecule has 1 aromatic rings. The van der Waals surface area contributed by atoms with Crippen LogP contribution in [0.4, 0.5) is 0 Å². The van der Waals surface area contributed by atoms with E-state index in [1.165, 1.54) is 76.2 Å². The van der Waals surface area contributed by atoms with Crippen LogP contribution in [0, 0.1) is 0 Å². The predicted molar refractivity (Wildman–Crippen MR) is 116 cm³/mol. The first-order valence-electron chi connectivity index (χ1n) is 11.2. The van der Waals surface area contributed by atoms with Crippen molar-refractivity contribution in [3.63, 3.8) is 0 Å². The number of para-hydroxylation sites is 1. The second-order valence-corrected chi connectivity index (χ2v) is 8.28. The van der Waals surface area contributed by atoms with Gasteiger partial charge in [-0.15, -0.1) is 0 Å². The number of unbranched alkanes of at least 4 members (excludes halogenated alkanes) is 10. The van der Waals surface area contributed by atoms with Gasteiger partial charge in [0.05, 0.1) is 6.61 Å². The molecule has 0 aromatic heterocycles. The average Bonchev–Trinajstić information content (AvgIpc) is 3.42. The first-order chi connectivity index (χ1) is 13.2. The Morgan fingerprint density at radius 2 is 1.56 bits per heavy atom. The molecule has 27 heavy (non-hydrogen) atoms. The molecule has 2 nitrogen and oxygen atoms in total. The minimum absolute atomic E-state index is 0.0571. The number of ether oxygens (including phenoxy) is 2. The smallest absolute Gasteiger partial charge is 0.123 e. The van der Waals surface area contributed by atoms with E-state index in [2.05, 4.69) is 44.2 Å². The molecule has 1 aromatic carbocycles. The van der Waals surface area contributed by atoms with Crippen LogP contribution in [-0.2, 0) is 11.2 Å². The Labute approximate surface area is 167 Å². The van der Waals surface area contributed by atoms with Gasteiger partial charge in [-0.1, -0.05) is 95.1 Å². The fraction of sp³-hybridized carbons (Fsp3) is 0.680. The number of benzene rings is 1. The van der Waals surface area contributed by atoms with E-state index in [1.54, 1.807) is 0 Å². The Balaban J connectivity index is 1.50. The summed E-state index contributed by atoms with van der Waals surface area (Å²) in [6.45, 7) is 5.84. The van der Waals surface area contributed by atoms with Gasteiger partial charge in [-0.3, -0.25) is 0 Å². The van der Waals surface area contributed by atoms with Crippen LogP contribution in [0.15, 0.2) is 36.4 Å². The zero-order chi connectivity index (χ0) is 19.2. The van der Waals surface area contributed by atoms with Crippen LogP contribution in [0.3, 0.4) is 0 Å². The third kappa shape index (κ3) is 10.0. The second-order valence-electron chi connectivity index (χ2n) is 8.28. The van der Waals surface area contributed by atoms with Crippen molar-refractivity contribution >= 4 is 0 Å². The monoisotopic (exact) mass is 372 g/mol. The topological polar surface area (TPSA) is 21.8 Å². The van der Waals surface area contributed by atoms with Crippen LogP contribution >= 0.6 is 0 Å². The number of rotatable bonds is 16. The summed E-state index contributed by atoms with van der Waals surface area (Å²) >= 11 is 0. The largest absolute Gasteiger partial charge is 0.490 e. The van der Waals surface area contributed by atoms with Crippen LogP contribution in [0.25, 0.3) is 0 Å². The van der Waals surface area contributed by atoms with Gasteiger partial charge < -0.3 is 9.47 Å². The summed E-state index contributed by atoms with van der Waals surface area (Å²) in [5.74, 6) is 0.998. The molecule has 0 amide bonds. The van der Waals surface area contributed by atoms with Gasteiger partial charge in [-0.25, -0.2) is 0 Å². The van der Waals surface area contributed by atoms with Gasteiger partial charge >= 0.3 is 0 Å². The van der Waals surface area contributed by atoms with Crippen molar-refractivity contribution in [1.29, 1.82) is 0 Å². The third-order valence-electron chi connectivity index (χ3n) is 5.37. The van der Waals surface area contributed by atoms with E-state index in [1.807, 2.05) is 6.07 Å². The van der Waals surface area contributed by atoms with E-state index in [0.717, 1.165) is 18.8 Å². The van der Waals surface area contributed by atoms with Crippen molar-refractivity contribution in [2.45, 2.75) is 96.5 Å². The van der Waals surface area contributed by atoms with Gasteiger partial charge in [0, 0.05) is 0 Å². The van der Waals surface area contributed by atoms with Crippen molar-refractivity contribution in [2.75, 3.05) is 13.2 Å². The Kier molecular flexibility index (Phi) is 10.6. The highest BCUT2D eigenvalue weighted by Crippen LogP contribution is 2.28. The van der Waals surface area contributed by atoms with Crippen LogP contribution in [-0.4, -0.2) is 18.8 Å². The maximum Gasteiger partial charge on any atom is 0.123 e. The number of hydrogen-bond acceptors (Lipinski definition) is 2. The molecule has 2 rings (SSSR count). The second kappa shape index (κ2) is 13.0. The van der Waals surface area contributed by atoms with E-state index in [-0.39, 0.29) is 5.60 Å². The van der Waals surface area contributed by atoms with Crippen molar-refractivity contribution in [3.05, 3.63) is 42.0 Å². The van der Waals surface area contributed by atoms with E-state index < -0.39 is 0 Å². The van der Waals surface area contributed by atoms with E-state index in [4.69, 9.17) is 9.47 Å². The summed E-state index contributed by atoms with van der Waals surface area (Å²) in [5, 5.41) is 0. The molecule has 1 heterocycles. The summed E-state index contributed by atoms with van der Waals surface area (Å²) in [6.07, 6.45) is 20.8. The minimum Gasteiger partial charge on any atom is -0.490 e. The maximum absolute atomic E-state index is 5.97. The first-order valence-corrected chi connectivity index (χ1v) is 11.2. The number of allylic oxidation sites excluding steroid dienone is 2. The van der Waals surface area contributed by atoms with Crippen LogP contribution in [0.2, 0.25) is 0 Å². The van der Waals surface area contributed by atoms with Crippen molar-refractivity contribution in [2.24, 2.45) is 0 Å². The van der Waals surface area contributed by atoms with Gasteiger partial charge in [0.15, 0.2) is 0 Å². The Bertz CT molecular complexity index is 531. The molecule has 0 N–H and O–H groups in total. The number of epoxide rings is 1. The van der Waals surface area contributed by atoms with Crippen LogP contribution in [0.5, 0.6) is 5.75 Å². The summed E-state index contributed by atoms with van der Waals surface area (Å²) in [4.78, 5) is 0. The van der Waals surface area contributed by atoms with E-state index >= 15 is 0 Å². The Morgan fingerprint density at radius 1 is 0.926 bits per heavy atom. The lowest BCUT2D eigenvalue weighted by Crippen LogP contribution is -2.17. The first kappa shape index (κ1) is 22.0. The highest BCUT2D eigenvalue weighted by Gasteiger charge is 2.40. The fourth-order valence-electron chi connectivity index (χ4n) is 3.33. The highest BCUT2D eigenvalue weighted by atomic mass is 16.6. The van der Waals surface area contributed by atoms with Crippen LogP contribution in [0.1, 0.15) is 90.0 Å². The molecule has 1 saturated heterocycles. The normalized spacial score (nSPS) is 18.9. The molecule has 0 aliphatic carbocycles. The molecule has 2 heteroatoms. The minimum atomic E-state index is -0.0571. The Hall–Kier alpha value is -1.28. The molecule has 1 aliphatic heterocycles. The van der Waals surface area contributed by atoms with Gasteiger partial charge in [0.2, 0.25) is 0 Å². The lowest BCUT2D eigenvalue weighted by atomic mass is 10.1. The van der Waals surface area contributed by atoms with Gasteiger partial charge in [0.1, 0.15) is 18.0 Å². The van der Waals surface area contributed by atoms with E-state index in [9.17, 15) is 0 Å². The SMILES string of the molecule is CCCCCCCCCCCC/C=C/Cc1ccccc1OCC1(C)CO1. The third-order valence-corrected chi connectivity index (χ3v) is 5.37. The van der Waals surface area contributed by atoms with Crippen molar-refractivity contribution in [3.8, 4) is 5.75 Å². The van der Waals surface area contributed by atoms with Gasteiger partial charge in [0.25, 0.3) is 0 Å². The molecule has 152 valence electrons. The van der Waals surface area contributed by atoms with Gasteiger partial charge in [-0.05, 0) is 37.8 Å². The molecule has 0 saturated carbocycles. The van der Waals surface area contributed by atoms with Gasteiger partial charge in [-0.2, -0.15) is 0 Å². The average molecular weight is 373 g/mol. The zero-order valence-electron chi connectivity index (χ0n) is 17.7. The molecule has 1 unspecified atom stereocenters. The standard InChI is InChI=1S/C25H40O2/c1-3-4-5-6-7-8-9-10-11-12-13-14-15-18-23-19-16-17-20-24(23)26-21-25(2)22-27-25/h14-17,19-20H,3-13,18,21-22H2,1-2H3/b15-14+. The number of hydrogen-bond donors (Lipinski definition) is 0. The lowest BCUT2D eigenvalue weighted by Gasteiger charge is -2.12. The summed E-state index contributed by atoms with van der Waals surface area (Å²) in [5.41, 5.74) is 1.21. The predicted octanol–water partition coefficient (Wildman–Crippen LogP) is 7.26. The van der Waals surface area contributed by atoms with E-state index in [0.29, 0.717) is 6.61 Å². The summed E-state index contributed by atoms with van der Waals surface area (Å²) < 4.78 is 11.4. The molecule has 0 bridgehead atoms. The summed E-state index contributed by atoms with van der Waals surface area (Å²) in [7, 11) is 0. The molecule has 1 fully saturated rings. The molecular formula is C25H40O2. The molecule has 0 radical (unpaired) electrons. The zero-order valence-corrected chi connectivity index (χ0v) is 17.7. The molecule has 0 spiro atoms. The summed E-state index contributed by atoms with van der Waals surface area (Å²) in [6, 6.07) is 8.36. The van der Waals surface area contributed by atoms with Crippen LogP contribution < -0.4 is 4.74 Å². The van der Waals surface area contributed by atoms with Crippen molar-refractivity contribution in [1.82, 2.24) is 0 Å². The quantitative estimate of drug-likeness (QED) is 0.173. The highest BCUT2D eigenvalue weighted by molar-refractivity contribution is 5.35. The molecule has 1 atom stereocenters. The maximum atomic E-state index is 5.97. The fourth-order valence-corrected chi connectivity index (χ4v) is 3.33. The van der Waals surface area contributed by atoms with Crippen molar-refractivity contribution < 1.29 is 9.47 Å². The Morgan fingerprint density at radius 3 is 2.22 bits per heavy atom. The molecule has 1 aliphatic rings. The molecular weight excluding hydrogens is 332 g/mol. The lowest BCUT2D eigenvalue weighted by molar-refractivity contribution is 0.201.